The van der Waals surface area contributed by atoms with Gasteiger partial charge in [-0.05, 0) is 36.8 Å². The second kappa shape index (κ2) is 6.46. The van der Waals surface area contributed by atoms with E-state index in [0.717, 1.165) is 0 Å². The summed E-state index contributed by atoms with van der Waals surface area (Å²) in [6.45, 7) is 16.0. The summed E-state index contributed by atoms with van der Waals surface area (Å²) < 4.78 is 0. The molecule has 3 rings (SSSR count). The molecule has 1 aromatic heterocycles. The number of carbonyl (C=O) groups excluding carboxylic acids is 2. The topological polar surface area (TPSA) is 78.2 Å². The normalized spacial score (nSPS) is 27.7. The van der Waals surface area contributed by atoms with E-state index in [-0.39, 0.29) is 22.6 Å². The summed E-state index contributed by atoms with van der Waals surface area (Å²) in [7, 11) is 3.76. The van der Waals surface area contributed by atoms with Crippen molar-refractivity contribution in [2.45, 2.75) is 66.5 Å². The minimum Gasteiger partial charge on any atom is -0.343 e. The fourth-order valence-corrected chi connectivity index (χ4v) is 4.06. The van der Waals surface area contributed by atoms with Crippen LogP contribution in [0, 0.1) is 10.8 Å². The van der Waals surface area contributed by atoms with Crippen LogP contribution in [0.5, 0.6) is 0 Å². The second-order valence-corrected chi connectivity index (χ2v) is 10.7. The van der Waals surface area contributed by atoms with Gasteiger partial charge in [-0.3, -0.25) is 9.59 Å². The standard InChI is InChI=1S/C23H33N5O2/c1-20(2,3)22(7)18(29)25-16(27(22)9)14-12-11-13-15(24-14)17-26-19(30)23(8,28(17)10)21(4,5)6/h11-13H,1-10H3. The summed E-state index contributed by atoms with van der Waals surface area (Å²) in [5.41, 5.74) is -0.963. The van der Waals surface area contributed by atoms with E-state index in [9.17, 15) is 9.59 Å². The number of rotatable bonds is 2. The zero-order valence-corrected chi connectivity index (χ0v) is 19.8. The van der Waals surface area contributed by atoms with Gasteiger partial charge in [-0.15, -0.1) is 0 Å². The second-order valence-electron chi connectivity index (χ2n) is 10.7. The first-order chi connectivity index (χ1) is 13.6. The lowest BCUT2D eigenvalue weighted by Crippen LogP contribution is -2.56. The highest BCUT2D eigenvalue weighted by molar-refractivity contribution is 6.15. The Kier molecular flexibility index (Phi) is 4.77. The molecule has 1 aromatic rings. The average molecular weight is 412 g/mol. The highest BCUT2D eigenvalue weighted by Gasteiger charge is 2.54. The predicted octanol–water partition coefficient (Wildman–Crippen LogP) is 3.13. The fraction of sp³-hybridized carbons (Fsp3) is 0.609. The molecule has 7 heteroatoms. The molecule has 7 nitrogen and oxygen atoms in total. The fourth-order valence-electron chi connectivity index (χ4n) is 4.06. The summed E-state index contributed by atoms with van der Waals surface area (Å²) >= 11 is 0. The molecular formula is C23H33N5O2. The average Bonchev–Trinajstić information content (AvgIpc) is 3.02. The maximum absolute atomic E-state index is 12.8. The van der Waals surface area contributed by atoms with Crippen molar-refractivity contribution >= 4 is 23.5 Å². The maximum atomic E-state index is 12.8. The first kappa shape index (κ1) is 22.1. The van der Waals surface area contributed by atoms with Crippen LogP contribution in [0.2, 0.25) is 0 Å². The van der Waals surface area contributed by atoms with Crippen LogP contribution in [0.25, 0.3) is 0 Å². The van der Waals surface area contributed by atoms with E-state index in [2.05, 4.69) is 9.98 Å². The van der Waals surface area contributed by atoms with Gasteiger partial charge in [-0.25, -0.2) is 4.98 Å². The van der Waals surface area contributed by atoms with E-state index in [1.54, 1.807) is 0 Å². The lowest BCUT2D eigenvalue weighted by atomic mass is 9.74. The van der Waals surface area contributed by atoms with Gasteiger partial charge in [0, 0.05) is 14.1 Å². The minimum atomic E-state index is -0.761. The third-order valence-corrected chi connectivity index (χ3v) is 7.35. The van der Waals surface area contributed by atoms with Gasteiger partial charge in [0.1, 0.15) is 22.5 Å². The van der Waals surface area contributed by atoms with E-state index in [4.69, 9.17) is 4.98 Å². The molecule has 0 bridgehead atoms. The monoisotopic (exact) mass is 411 g/mol. The number of nitrogens with zero attached hydrogens (tertiary/aromatic N) is 5. The molecule has 0 N–H and O–H groups in total. The van der Waals surface area contributed by atoms with E-state index in [1.165, 1.54) is 0 Å². The van der Waals surface area contributed by atoms with Crippen LogP contribution in [0.3, 0.4) is 0 Å². The number of carbonyl (C=O) groups is 2. The Balaban J connectivity index is 2.02. The molecule has 0 fully saturated rings. The summed E-state index contributed by atoms with van der Waals surface area (Å²) in [6, 6.07) is 5.53. The molecule has 162 valence electrons. The Bertz CT molecular complexity index is 907. The van der Waals surface area contributed by atoms with Gasteiger partial charge in [-0.1, -0.05) is 47.6 Å². The molecule has 30 heavy (non-hydrogen) atoms. The number of aromatic nitrogens is 1. The number of amides is 2. The van der Waals surface area contributed by atoms with Gasteiger partial charge in [0.2, 0.25) is 0 Å². The molecule has 0 aliphatic carbocycles. The van der Waals surface area contributed by atoms with Crippen molar-refractivity contribution < 1.29 is 9.59 Å². The van der Waals surface area contributed by atoms with Crippen LogP contribution in [0.15, 0.2) is 28.2 Å². The number of likely N-dealkylation sites (N-methyl/N-ethyl adjacent to an activating group) is 2. The quantitative estimate of drug-likeness (QED) is 0.747. The van der Waals surface area contributed by atoms with Crippen molar-refractivity contribution in [1.29, 1.82) is 0 Å². The van der Waals surface area contributed by atoms with Crippen LogP contribution >= 0.6 is 0 Å². The molecule has 0 saturated carbocycles. The molecule has 3 heterocycles. The van der Waals surface area contributed by atoms with Crippen LogP contribution in [-0.4, -0.2) is 63.4 Å². The highest BCUT2D eigenvalue weighted by atomic mass is 16.2. The summed E-state index contributed by atoms with van der Waals surface area (Å²) in [5.74, 6) is 0.715. The summed E-state index contributed by atoms with van der Waals surface area (Å²) in [5, 5.41) is 0. The number of hydrogen-bond acceptors (Lipinski definition) is 5. The zero-order chi connectivity index (χ0) is 22.9. The lowest BCUT2D eigenvalue weighted by Gasteiger charge is -2.43. The van der Waals surface area contributed by atoms with Gasteiger partial charge in [-0.2, -0.15) is 9.98 Å². The van der Waals surface area contributed by atoms with Gasteiger partial charge in [0.15, 0.2) is 11.7 Å². The number of pyridine rings is 1. The Morgan fingerprint density at radius 3 is 1.33 bits per heavy atom. The number of aliphatic imine (C=N–C) groups is 2. The van der Waals surface area contributed by atoms with Gasteiger partial charge < -0.3 is 9.80 Å². The molecule has 2 aliphatic rings. The molecule has 2 amide bonds. The number of amidine groups is 2. The highest BCUT2D eigenvalue weighted by Crippen LogP contribution is 2.41. The molecule has 0 spiro atoms. The molecule has 2 aliphatic heterocycles. The molecule has 0 radical (unpaired) electrons. The SMILES string of the molecule is CN1C(c2cccc(C3=NC(=O)C(C)(C(C)(C)C)N3C)n2)=NC(=O)C1(C)C(C)(C)C. The first-order valence-electron chi connectivity index (χ1n) is 10.3. The van der Waals surface area contributed by atoms with E-state index in [0.29, 0.717) is 23.1 Å². The van der Waals surface area contributed by atoms with E-state index < -0.39 is 11.1 Å². The minimum absolute atomic E-state index is 0.175. The Morgan fingerprint density at radius 2 is 1.07 bits per heavy atom. The predicted molar refractivity (Wildman–Crippen MR) is 119 cm³/mol. The van der Waals surface area contributed by atoms with Crippen molar-refractivity contribution in [3.63, 3.8) is 0 Å². The van der Waals surface area contributed by atoms with Crippen LogP contribution in [0.1, 0.15) is 66.8 Å². The lowest BCUT2D eigenvalue weighted by molar-refractivity contribution is -0.130. The van der Waals surface area contributed by atoms with Crippen molar-refractivity contribution in [3.8, 4) is 0 Å². The summed E-state index contributed by atoms with van der Waals surface area (Å²) in [6.07, 6.45) is 0. The Morgan fingerprint density at radius 1 is 0.733 bits per heavy atom. The molecule has 2 atom stereocenters. The van der Waals surface area contributed by atoms with E-state index in [1.807, 2.05) is 97.5 Å². The molecule has 0 aromatic carbocycles. The molecule has 0 saturated heterocycles. The zero-order valence-electron chi connectivity index (χ0n) is 19.8. The molecule has 2 unspecified atom stereocenters. The Hall–Kier alpha value is -2.57. The van der Waals surface area contributed by atoms with Crippen LogP contribution in [-0.2, 0) is 9.59 Å². The third kappa shape index (κ3) is 2.81. The van der Waals surface area contributed by atoms with E-state index >= 15 is 0 Å². The van der Waals surface area contributed by atoms with Gasteiger partial charge in [0.05, 0.1) is 0 Å². The van der Waals surface area contributed by atoms with Crippen molar-refractivity contribution in [2.75, 3.05) is 14.1 Å². The van der Waals surface area contributed by atoms with Crippen molar-refractivity contribution in [2.24, 2.45) is 20.8 Å². The van der Waals surface area contributed by atoms with Crippen LogP contribution < -0.4 is 0 Å². The van der Waals surface area contributed by atoms with Crippen molar-refractivity contribution in [3.05, 3.63) is 29.6 Å². The maximum Gasteiger partial charge on any atom is 0.273 e. The van der Waals surface area contributed by atoms with Crippen molar-refractivity contribution in [1.82, 2.24) is 14.8 Å². The number of hydrogen-bond donors (Lipinski definition) is 0. The Labute approximate surface area is 179 Å². The molecular weight excluding hydrogens is 378 g/mol. The van der Waals surface area contributed by atoms with Crippen LogP contribution in [0.4, 0.5) is 0 Å². The third-order valence-electron chi connectivity index (χ3n) is 7.35. The smallest absolute Gasteiger partial charge is 0.273 e. The van der Waals surface area contributed by atoms with Gasteiger partial charge >= 0.3 is 0 Å². The largest absolute Gasteiger partial charge is 0.343 e. The summed E-state index contributed by atoms with van der Waals surface area (Å²) in [4.78, 5) is 42.9. The first-order valence-corrected chi connectivity index (χ1v) is 10.3. The van der Waals surface area contributed by atoms with Gasteiger partial charge in [0.25, 0.3) is 11.8 Å².